The zero-order valence-electron chi connectivity index (χ0n) is 27.3. The first-order valence-electron chi connectivity index (χ1n) is 16.8. The average Bonchev–Trinajstić information content (AvgIpc) is 3.38. The fourth-order valence-electron chi connectivity index (χ4n) is 8.49. The highest BCUT2D eigenvalue weighted by Crippen LogP contribution is 2.59. The molecule has 2 saturated heterocycles. The molecule has 8 heteroatoms. The van der Waals surface area contributed by atoms with Crippen molar-refractivity contribution in [1.82, 2.24) is 9.80 Å². The van der Waals surface area contributed by atoms with Gasteiger partial charge in [0.1, 0.15) is 11.6 Å². The normalized spacial score (nSPS) is 29.3. The number of likely N-dealkylation sites (tertiary alicyclic amines) is 1. The molecule has 0 bridgehead atoms. The molecule has 0 aliphatic carbocycles. The Kier molecular flexibility index (Phi) is 8.05. The molecule has 0 saturated carbocycles. The molecule has 4 aliphatic heterocycles. The highest BCUT2D eigenvalue weighted by Gasteiger charge is 2.76. The Balaban J connectivity index is 1.35. The quantitative estimate of drug-likeness (QED) is 0.349. The van der Waals surface area contributed by atoms with Crippen molar-refractivity contribution in [3.8, 4) is 0 Å². The molecular formula is C39H43N3O5. The van der Waals surface area contributed by atoms with E-state index in [1.807, 2.05) is 118 Å². The minimum atomic E-state index is -1.39. The van der Waals surface area contributed by atoms with Gasteiger partial charge in [0.25, 0.3) is 5.91 Å². The number of hydrogen-bond acceptors (Lipinski definition) is 5. The summed E-state index contributed by atoms with van der Waals surface area (Å²) < 4.78 is 7.16. The van der Waals surface area contributed by atoms with Gasteiger partial charge in [-0.15, -0.1) is 0 Å². The number of rotatable bonds is 8. The third-order valence-corrected chi connectivity index (χ3v) is 10.6. The van der Waals surface area contributed by atoms with E-state index >= 15 is 4.79 Å². The minimum Gasteiger partial charge on any atom is -0.394 e. The molecule has 4 heterocycles. The van der Waals surface area contributed by atoms with E-state index in [-0.39, 0.29) is 36.8 Å². The number of carbonyl (C=O) groups is 3. The number of nitrogens with zero attached hydrogens (tertiary/aromatic N) is 3. The number of carbonyl (C=O) groups excluding carboxylic acids is 3. The largest absolute Gasteiger partial charge is 0.394 e. The zero-order valence-corrected chi connectivity index (χ0v) is 27.3. The lowest BCUT2D eigenvalue weighted by molar-refractivity contribution is -0.153. The molecule has 0 aromatic heterocycles. The van der Waals surface area contributed by atoms with Crippen LogP contribution in [0.25, 0.3) is 10.8 Å². The molecule has 7 rings (SSSR count). The number of benzene rings is 3. The van der Waals surface area contributed by atoms with Crippen molar-refractivity contribution in [2.45, 2.75) is 63.4 Å². The van der Waals surface area contributed by atoms with Crippen molar-refractivity contribution in [3.63, 3.8) is 0 Å². The molecule has 2 fully saturated rings. The van der Waals surface area contributed by atoms with Gasteiger partial charge < -0.3 is 24.5 Å². The number of aliphatic hydroxyl groups excluding tert-OH is 1. The Bertz CT molecular complexity index is 1750. The van der Waals surface area contributed by atoms with Gasteiger partial charge in [0.2, 0.25) is 11.8 Å². The summed E-state index contributed by atoms with van der Waals surface area (Å²) in [6, 6.07) is 22.1. The van der Waals surface area contributed by atoms with E-state index in [9.17, 15) is 14.7 Å². The van der Waals surface area contributed by atoms with E-state index in [0.717, 1.165) is 22.0 Å². The maximum Gasteiger partial charge on any atom is 0.253 e. The van der Waals surface area contributed by atoms with Crippen LogP contribution in [0.3, 0.4) is 0 Å². The summed E-state index contributed by atoms with van der Waals surface area (Å²) in [5, 5.41) is 12.8. The van der Waals surface area contributed by atoms with Crippen LogP contribution >= 0.6 is 0 Å². The molecule has 1 unspecified atom stereocenters. The predicted octanol–water partition coefficient (Wildman–Crippen LogP) is 5.11. The van der Waals surface area contributed by atoms with E-state index in [1.165, 1.54) is 0 Å². The molecule has 8 nitrogen and oxygen atoms in total. The number of fused-ring (bicyclic) bond motifs is 3. The summed E-state index contributed by atoms with van der Waals surface area (Å²) in [6.45, 7) is 6.84. The van der Waals surface area contributed by atoms with Gasteiger partial charge in [-0.1, -0.05) is 106 Å². The zero-order chi connectivity index (χ0) is 32.9. The smallest absolute Gasteiger partial charge is 0.253 e. The summed E-state index contributed by atoms with van der Waals surface area (Å²) in [7, 11) is 0. The number of amides is 3. The van der Waals surface area contributed by atoms with Crippen molar-refractivity contribution in [2.75, 3.05) is 24.6 Å². The van der Waals surface area contributed by atoms with Gasteiger partial charge in [0.15, 0.2) is 0 Å². The summed E-state index contributed by atoms with van der Waals surface area (Å²) in [6.07, 6.45) is 8.70. The van der Waals surface area contributed by atoms with Gasteiger partial charge in [0.05, 0.1) is 30.1 Å². The second-order valence-corrected chi connectivity index (χ2v) is 13.8. The van der Waals surface area contributed by atoms with E-state index in [2.05, 4.69) is 0 Å². The Labute approximate surface area is 276 Å². The number of ether oxygens (including phenoxy) is 1. The van der Waals surface area contributed by atoms with Crippen LogP contribution in [0.4, 0.5) is 5.69 Å². The minimum absolute atomic E-state index is 0.155. The number of anilines is 1. The predicted molar refractivity (Wildman–Crippen MR) is 181 cm³/mol. The van der Waals surface area contributed by atoms with Crippen LogP contribution in [0.1, 0.15) is 39.2 Å². The van der Waals surface area contributed by atoms with Crippen LogP contribution in [-0.4, -0.2) is 75.6 Å². The van der Waals surface area contributed by atoms with Gasteiger partial charge >= 0.3 is 0 Å². The van der Waals surface area contributed by atoms with Crippen LogP contribution in [-0.2, 0) is 25.7 Å². The van der Waals surface area contributed by atoms with Crippen molar-refractivity contribution in [1.29, 1.82) is 0 Å². The van der Waals surface area contributed by atoms with Gasteiger partial charge in [0, 0.05) is 25.3 Å². The van der Waals surface area contributed by atoms with Crippen LogP contribution in [0.5, 0.6) is 0 Å². The van der Waals surface area contributed by atoms with Crippen molar-refractivity contribution < 1.29 is 24.2 Å². The van der Waals surface area contributed by atoms with Crippen LogP contribution < -0.4 is 4.90 Å². The highest BCUT2D eigenvalue weighted by atomic mass is 16.5. The average molecular weight is 634 g/mol. The summed E-state index contributed by atoms with van der Waals surface area (Å²) in [5.41, 5.74) is -0.737. The number of aliphatic hydroxyl groups is 1. The topological polar surface area (TPSA) is 90.4 Å². The standard InChI is InChI=1S/C39H43N3O5/c1-4-38-18-10-20-40(24-27-12-6-5-7-13-27)35(44)32(38)33-36(45)42(31(25-43)22-26(2)3)34-37(46)41(21-11-19-39(33,34)47-38)30-17-16-28-14-8-9-15-29(28)23-30/h5-19,23,26,31-34,43H,4,20-22,24-25H2,1-3H3/t31-,32-,33+,34?,38+,39+/m1/s1. The third kappa shape index (κ3) is 5.00. The Hall–Kier alpha value is -4.27. The summed E-state index contributed by atoms with van der Waals surface area (Å²) >= 11 is 0. The van der Waals surface area contributed by atoms with Gasteiger partial charge in [-0.25, -0.2) is 0 Å². The molecule has 3 aromatic rings. The Morgan fingerprint density at radius 2 is 1.57 bits per heavy atom. The summed E-state index contributed by atoms with van der Waals surface area (Å²) in [5.74, 6) is -2.35. The van der Waals surface area contributed by atoms with Crippen molar-refractivity contribution in [2.24, 2.45) is 17.8 Å². The molecule has 1 spiro atoms. The lowest BCUT2D eigenvalue weighted by atomic mass is 9.73. The highest BCUT2D eigenvalue weighted by molar-refractivity contribution is 6.07. The van der Waals surface area contributed by atoms with Gasteiger partial charge in [-0.3, -0.25) is 14.4 Å². The van der Waals surface area contributed by atoms with E-state index in [1.54, 1.807) is 14.7 Å². The second kappa shape index (κ2) is 12.1. The SMILES string of the molecule is CC[C@]12C=CCN(Cc3ccccc3)C(=O)[C@H]1[C@H]1C(=O)N([C@@H](CO)CC(C)C)C3C(=O)N(c4ccc5ccccc5c4)CC=C[C@@]31O2. The first-order chi connectivity index (χ1) is 22.7. The molecule has 6 atom stereocenters. The molecule has 4 aliphatic rings. The third-order valence-electron chi connectivity index (χ3n) is 10.6. The lowest BCUT2D eigenvalue weighted by Crippen LogP contribution is -2.59. The van der Waals surface area contributed by atoms with Crippen LogP contribution in [0, 0.1) is 17.8 Å². The summed E-state index contributed by atoms with van der Waals surface area (Å²) in [4.78, 5) is 49.8. The molecule has 47 heavy (non-hydrogen) atoms. The lowest BCUT2D eigenvalue weighted by Gasteiger charge is -2.41. The first kappa shape index (κ1) is 31.3. The van der Waals surface area contributed by atoms with Crippen molar-refractivity contribution >= 4 is 34.2 Å². The fraction of sp³-hybridized carbons (Fsp3) is 0.410. The Morgan fingerprint density at radius 3 is 2.30 bits per heavy atom. The maximum atomic E-state index is 15.0. The van der Waals surface area contributed by atoms with E-state index in [0.29, 0.717) is 25.9 Å². The van der Waals surface area contributed by atoms with E-state index < -0.39 is 35.1 Å². The van der Waals surface area contributed by atoms with Crippen LogP contribution in [0.2, 0.25) is 0 Å². The maximum absolute atomic E-state index is 15.0. The first-order valence-corrected chi connectivity index (χ1v) is 16.8. The van der Waals surface area contributed by atoms with Gasteiger partial charge in [-0.05, 0) is 47.2 Å². The van der Waals surface area contributed by atoms with Crippen molar-refractivity contribution in [3.05, 3.63) is 103 Å². The molecule has 244 valence electrons. The molecule has 1 N–H and O–H groups in total. The molecule has 0 radical (unpaired) electrons. The monoisotopic (exact) mass is 633 g/mol. The molecular weight excluding hydrogens is 590 g/mol. The van der Waals surface area contributed by atoms with Gasteiger partial charge in [-0.2, -0.15) is 0 Å². The fourth-order valence-corrected chi connectivity index (χ4v) is 8.49. The second-order valence-electron chi connectivity index (χ2n) is 13.8. The van der Waals surface area contributed by atoms with E-state index in [4.69, 9.17) is 4.74 Å². The molecule has 3 aromatic carbocycles. The van der Waals surface area contributed by atoms with Crippen LogP contribution in [0.15, 0.2) is 97.1 Å². The number of hydrogen-bond donors (Lipinski definition) is 1. The Morgan fingerprint density at radius 1 is 0.851 bits per heavy atom. The molecule has 3 amide bonds.